The van der Waals surface area contributed by atoms with Crippen LogP contribution in [0.25, 0.3) is 0 Å². The van der Waals surface area contributed by atoms with E-state index in [1.54, 1.807) is 6.07 Å². The molecule has 90 valence electrons. The van der Waals surface area contributed by atoms with E-state index < -0.39 is 5.41 Å². The second kappa shape index (κ2) is 6.24. The fourth-order valence-corrected chi connectivity index (χ4v) is 2.26. The van der Waals surface area contributed by atoms with E-state index in [-0.39, 0.29) is 13.2 Å². The zero-order valence-corrected chi connectivity index (χ0v) is 10.4. The molecule has 0 saturated carbocycles. The van der Waals surface area contributed by atoms with Gasteiger partial charge in [0.15, 0.2) is 0 Å². The van der Waals surface area contributed by atoms with Gasteiger partial charge < -0.3 is 10.2 Å². The van der Waals surface area contributed by atoms with Crippen molar-refractivity contribution in [1.29, 1.82) is 0 Å². The van der Waals surface area contributed by atoms with Crippen molar-refractivity contribution in [3.63, 3.8) is 0 Å². The van der Waals surface area contributed by atoms with Crippen LogP contribution in [0.1, 0.15) is 31.7 Å². The van der Waals surface area contributed by atoms with Crippen molar-refractivity contribution in [2.45, 2.75) is 31.6 Å². The second-order valence-corrected chi connectivity index (χ2v) is 4.59. The van der Waals surface area contributed by atoms with Crippen molar-refractivity contribution >= 4 is 11.6 Å². The number of aliphatic hydroxyl groups excluding tert-OH is 2. The second-order valence-electron chi connectivity index (χ2n) is 4.18. The van der Waals surface area contributed by atoms with Crippen molar-refractivity contribution in [3.8, 4) is 0 Å². The summed E-state index contributed by atoms with van der Waals surface area (Å²) in [6.07, 6.45) is 2.75. The van der Waals surface area contributed by atoms with Gasteiger partial charge in [0.25, 0.3) is 0 Å². The van der Waals surface area contributed by atoms with E-state index in [4.69, 9.17) is 11.6 Å². The van der Waals surface area contributed by atoms with Crippen LogP contribution in [0.3, 0.4) is 0 Å². The zero-order valence-electron chi connectivity index (χ0n) is 9.62. The van der Waals surface area contributed by atoms with E-state index in [1.165, 1.54) is 0 Å². The lowest BCUT2D eigenvalue weighted by molar-refractivity contribution is 0.107. The summed E-state index contributed by atoms with van der Waals surface area (Å²) in [4.78, 5) is 0. The van der Waals surface area contributed by atoms with Gasteiger partial charge in [-0.05, 0) is 18.1 Å². The summed E-state index contributed by atoms with van der Waals surface area (Å²) in [6.45, 7) is 1.94. The number of hydrogen-bond donors (Lipinski definition) is 2. The van der Waals surface area contributed by atoms with E-state index in [1.807, 2.05) is 18.2 Å². The monoisotopic (exact) mass is 242 g/mol. The SMILES string of the molecule is CCCCC(CO)(CO)c1ccccc1Cl. The quantitative estimate of drug-likeness (QED) is 0.805. The number of halogens is 1. The Balaban J connectivity index is 3.05. The van der Waals surface area contributed by atoms with E-state index in [9.17, 15) is 10.2 Å². The van der Waals surface area contributed by atoms with Crippen LogP contribution >= 0.6 is 11.6 Å². The summed E-state index contributed by atoms with van der Waals surface area (Å²) in [5, 5.41) is 19.7. The lowest BCUT2D eigenvalue weighted by Crippen LogP contribution is -2.35. The fraction of sp³-hybridized carbons (Fsp3) is 0.538. The smallest absolute Gasteiger partial charge is 0.0550 e. The Labute approximate surface area is 102 Å². The molecule has 0 atom stereocenters. The highest BCUT2D eigenvalue weighted by molar-refractivity contribution is 6.31. The Morgan fingerprint density at radius 2 is 1.81 bits per heavy atom. The largest absolute Gasteiger partial charge is 0.395 e. The lowest BCUT2D eigenvalue weighted by atomic mass is 9.77. The molecule has 0 aliphatic rings. The highest BCUT2D eigenvalue weighted by atomic mass is 35.5. The normalized spacial score (nSPS) is 11.8. The molecule has 0 aliphatic heterocycles. The predicted molar refractivity (Wildman–Crippen MR) is 66.8 cm³/mol. The van der Waals surface area contributed by atoms with Crippen LogP contribution < -0.4 is 0 Å². The first-order valence-corrected chi connectivity index (χ1v) is 6.04. The van der Waals surface area contributed by atoms with Crippen LogP contribution in [0.2, 0.25) is 5.02 Å². The highest BCUT2D eigenvalue weighted by Crippen LogP contribution is 2.34. The van der Waals surface area contributed by atoms with Gasteiger partial charge in [0, 0.05) is 10.4 Å². The van der Waals surface area contributed by atoms with E-state index >= 15 is 0 Å². The van der Waals surface area contributed by atoms with Gasteiger partial charge in [0.1, 0.15) is 0 Å². The Morgan fingerprint density at radius 1 is 1.19 bits per heavy atom. The summed E-state index contributed by atoms with van der Waals surface area (Å²) in [6, 6.07) is 7.41. The van der Waals surface area contributed by atoms with Gasteiger partial charge in [0.05, 0.1) is 13.2 Å². The van der Waals surface area contributed by atoms with Crippen LogP contribution in [0.15, 0.2) is 24.3 Å². The number of unbranched alkanes of at least 4 members (excludes halogenated alkanes) is 1. The minimum absolute atomic E-state index is 0.0762. The van der Waals surface area contributed by atoms with Gasteiger partial charge in [-0.25, -0.2) is 0 Å². The van der Waals surface area contributed by atoms with Crippen LogP contribution in [0.4, 0.5) is 0 Å². The molecule has 0 saturated heterocycles. The van der Waals surface area contributed by atoms with E-state index in [0.29, 0.717) is 5.02 Å². The molecular weight excluding hydrogens is 224 g/mol. The maximum absolute atomic E-state index is 9.56. The Kier molecular flexibility index (Phi) is 5.26. The van der Waals surface area contributed by atoms with Gasteiger partial charge >= 0.3 is 0 Å². The maximum Gasteiger partial charge on any atom is 0.0550 e. The maximum atomic E-state index is 9.56. The standard InChI is InChI=1S/C13H19ClO2/c1-2-3-8-13(9-15,10-16)11-6-4-5-7-12(11)14/h4-7,15-16H,2-3,8-10H2,1H3. The van der Waals surface area contributed by atoms with Crippen molar-refractivity contribution in [2.24, 2.45) is 0 Å². The van der Waals surface area contributed by atoms with E-state index in [2.05, 4.69) is 6.92 Å². The number of hydrogen-bond acceptors (Lipinski definition) is 2. The Hall–Kier alpha value is -0.570. The van der Waals surface area contributed by atoms with Gasteiger partial charge in [-0.2, -0.15) is 0 Å². The molecule has 3 heteroatoms. The Morgan fingerprint density at radius 3 is 2.31 bits per heavy atom. The van der Waals surface area contributed by atoms with Gasteiger partial charge in [-0.1, -0.05) is 49.6 Å². The van der Waals surface area contributed by atoms with Gasteiger partial charge in [-0.3, -0.25) is 0 Å². The zero-order chi connectivity index (χ0) is 12.0. The molecule has 0 bridgehead atoms. The minimum atomic E-state index is -0.603. The molecule has 0 aromatic heterocycles. The van der Waals surface area contributed by atoms with E-state index in [0.717, 1.165) is 24.8 Å². The molecule has 1 aromatic carbocycles. The van der Waals surface area contributed by atoms with Crippen molar-refractivity contribution in [1.82, 2.24) is 0 Å². The van der Waals surface area contributed by atoms with Crippen molar-refractivity contribution in [3.05, 3.63) is 34.9 Å². The fourth-order valence-electron chi connectivity index (χ4n) is 1.92. The van der Waals surface area contributed by atoms with Crippen molar-refractivity contribution < 1.29 is 10.2 Å². The lowest BCUT2D eigenvalue weighted by Gasteiger charge is -2.31. The topological polar surface area (TPSA) is 40.5 Å². The highest BCUT2D eigenvalue weighted by Gasteiger charge is 2.31. The Bertz CT molecular complexity index is 321. The average molecular weight is 243 g/mol. The number of rotatable bonds is 6. The van der Waals surface area contributed by atoms with Crippen molar-refractivity contribution in [2.75, 3.05) is 13.2 Å². The molecule has 0 fully saturated rings. The number of benzene rings is 1. The minimum Gasteiger partial charge on any atom is -0.395 e. The first kappa shape index (κ1) is 13.5. The molecule has 2 N–H and O–H groups in total. The molecule has 16 heavy (non-hydrogen) atoms. The third-order valence-electron chi connectivity index (χ3n) is 3.06. The summed E-state index contributed by atoms with van der Waals surface area (Å²) < 4.78 is 0. The molecule has 1 rings (SSSR count). The van der Waals surface area contributed by atoms with Gasteiger partial charge in [-0.15, -0.1) is 0 Å². The molecule has 1 aromatic rings. The van der Waals surface area contributed by atoms with Gasteiger partial charge in [0.2, 0.25) is 0 Å². The van der Waals surface area contributed by atoms with Crippen LogP contribution in [-0.4, -0.2) is 23.4 Å². The summed E-state index contributed by atoms with van der Waals surface area (Å²) in [5.41, 5.74) is 0.240. The summed E-state index contributed by atoms with van der Waals surface area (Å²) in [5.74, 6) is 0. The number of aliphatic hydroxyl groups is 2. The summed E-state index contributed by atoms with van der Waals surface area (Å²) >= 11 is 6.12. The third-order valence-corrected chi connectivity index (χ3v) is 3.39. The van der Waals surface area contributed by atoms with Crippen LogP contribution in [0.5, 0.6) is 0 Å². The molecule has 0 aliphatic carbocycles. The molecular formula is C13H19ClO2. The van der Waals surface area contributed by atoms with Crippen LogP contribution in [0, 0.1) is 0 Å². The molecule has 0 heterocycles. The average Bonchev–Trinajstić information content (AvgIpc) is 2.33. The first-order chi connectivity index (χ1) is 7.70. The molecule has 0 amide bonds. The molecule has 0 radical (unpaired) electrons. The van der Waals surface area contributed by atoms with Crippen LogP contribution in [-0.2, 0) is 5.41 Å². The molecule has 2 nitrogen and oxygen atoms in total. The molecule has 0 unspecified atom stereocenters. The molecule has 0 spiro atoms. The predicted octanol–water partition coefficient (Wildman–Crippen LogP) is 2.75. The third kappa shape index (κ3) is 2.76. The first-order valence-electron chi connectivity index (χ1n) is 5.67. The summed E-state index contributed by atoms with van der Waals surface area (Å²) in [7, 11) is 0.